The zero-order chi connectivity index (χ0) is 17.7. The molecular weight excluding hydrogens is 344 g/mol. The lowest BCUT2D eigenvalue weighted by atomic mass is 9.93. The van der Waals surface area contributed by atoms with Crippen molar-refractivity contribution in [3.05, 3.63) is 80.9 Å². The number of carbonyl (C=O) groups is 2. The van der Waals surface area contributed by atoms with Gasteiger partial charge >= 0.3 is 0 Å². The second kappa shape index (κ2) is 5.39. The lowest BCUT2D eigenvalue weighted by Crippen LogP contribution is -2.40. The van der Waals surface area contributed by atoms with Crippen molar-refractivity contribution in [1.29, 1.82) is 0 Å². The van der Waals surface area contributed by atoms with Crippen molar-refractivity contribution in [1.82, 2.24) is 0 Å². The number of halogens is 1. The molecule has 2 amide bonds. The molecule has 1 heterocycles. The van der Waals surface area contributed by atoms with Gasteiger partial charge in [-0.3, -0.25) is 19.7 Å². The number of nitro benzene ring substituents is 1. The Bertz CT molecular complexity index is 1090. The zero-order valence-electron chi connectivity index (χ0n) is 12.6. The Hall–Kier alpha value is -3.25. The van der Waals surface area contributed by atoms with Gasteiger partial charge in [-0.1, -0.05) is 29.8 Å². The third-order valence-electron chi connectivity index (χ3n) is 4.11. The molecule has 0 fully saturated rings. The number of carbonyl (C=O) groups excluding carboxylic acids is 2. The molecular formula is C18H9ClN2O4. The number of hydrogen-bond donors (Lipinski definition) is 0. The van der Waals surface area contributed by atoms with E-state index >= 15 is 0 Å². The molecule has 25 heavy (non-hydrogen) atoms. The quantitative estimate of drug-likeness (QED) is 0.393. The third-order valence-corrected chi connectivity index (χ3v) is 4.34. The van der Waals surface area contributed by atoms with Crippen molar-refractivity contribution in [2.24, 2.45) is 0 Å². The first-order chi connectivity index (χ1) is 12.0. The average molecular weight is 353 g/mol. The minimum absolute atomic E-state index is 0.124. The summed E-state index contributed by atoms with van der Waals surface area (Å²) in [7, 11) is 0. The van der Waals surface area contributed by atoms with Crippen molar-refractivity contribution >= 4 is 45.6 Å². The molecule has 4 rings (SSSR count). The number of imide groups is 1. The first kappa shape index (κ1) is 15.3. The molecule has 7 heteroatoms. The van der Waals surface area contributed by atoms with E-state index in [-0.39, 0.29) is 11.3 Å². The first-order valence-electron chi connectivity index (χ1n) is 7.33. The maximum absolute atomic E-state index is 12.9. The molecule has 0 saturated heterocycles. The molecule has 0 aliphatic carbocycles. The summed E-state index contributed by atoms with van der Waals surface area (Å²) in [6, 6.07) is 13.8. The molecule has 0 spiro atoms. The summed E-state index contributed by atoms with van der Waals surface area (Å²) in [6.07, 6.45) is 0. The summed E-state index contributed by atoms with van der Waals surface area (Å²) < 4.78 is 0. The molecule has 0 bridgehead atoms. The normalized spacial score (nSPS) is 13.4. The summed E-state index contributed by atoms with van der Waals surface area (Å²) in [5, 5.41) is 12.5. The molecule has 0 radical (unpaired) electrons. The van der Waals surface area contributed by atoms with E-state index in [1.54, 1.807) is 36.4 Å². The van der Waals surface area contributed by atoms with E-state index in [1.165, 1.54) is 18.2 Å². The second-order valence-electron chi connectivity index (χ2n) is 5.58. The molecule has 0 aromatic heterocycles. The van der Waals surface area contributed by atoms with Crippen LogP contribution < -0.4 is 4.90 Å². The molecule has 0 saturated carbocycles. The fourth-order valence-corrected chi connectivity index (χ4v) is 3.23. The number of non-ortho nitro benzene ring substituents is 1. The lowest BCUT2D eigenvalue weighted by Gasteiger charge is -2.27. The number of nitro groups is 1. The number of anilines is 1. The smallest absolute Gasteiger partial charge is 0.268 e. The fraction of sp³-hybridized carbons (Fsp3) is 0. The summed E-state index contributed by atoms with van der Waals surface area (Å²) in [4.78, 5) is 37.4. The van der Waals surface area contributed by atoms with E-state index in [2.05, 4.69) is 0 Å². The summed E-state index contributed by atoms with van der Waals surface area (Å²) in [6.45, 7) is 0. The van der Waals surface area contributed by atoms with Gasteiger partial charge in [-0.05, 0) is 29.7 Å². The van der Waals surface area contributed by atoms with Crippen molar-refractivity contribution < 1.29 is 14.5 Å². The highest BCUT2D eigenvalue weighted by atomic mass is 35.5. The maximum atomic E-state index is 12.9. The minimum atomic E-state index is -0.611. The summed E-state index contributed by atoms with van der Waals surface area (Å²) >= 11 is 5.97. The van der Waals surface area contributed by atoms with Crippen LogP contribution >= 0.6 is 11.6 Å². The summed E-state index contributed by atoms with van der Waals surface area (Å²) in [5.74, 6) is -1.10. The van der Waals surface area contributed by atoms with E-state index in [0.717, 1.165) is 4.90 Å². The Labute approximate surface area is 146 Å². The van der Waals surface area contributed by atoms with Gasteiger partial charge in [0, 0.05) is 28.1 Å². The monoisotopic (exact) mass is 352 g/mol. The van der Waals surface area contributed by atoms with Gasteiger partial charge in [0.1, 0.15) is 0 Å². The molecule has 0 unspecified atom stereocenters. The molecule has 122 valence electrons. The molecule has 3 aromatic rings. The van der Waals surface area contributed by atoms with Crippen LogP contribution in [0.1, 0.15) is 20.7 Å². The van der Waals surface area contributed by atoms with Crippen LogP contribution in [0.2, 0.25) is 5.02 Å². The molecule has 0 N–H and O–H groups in total. The van der Waals surface area contributed by atoms with Gasteiger partial charge in [-0.2, -0.15) is 0 Å². The highest BCUT2D eigenvalue weighted by Crippen LogP contribution is 2.35. The second-order valence-corrected chi connectivity index (χ2v) is 6.02. The number of rotatable bonds is 2. The van der Waals surface area contributed by atoms with Crippen LogP contribution in [-0.4, -0.2) is 16.7 Å². The van der Waals surface area contributed by atoms with E-state index < -0.39 is 16.7 Å². The molecule has 6 nitrogen and oxygen atoms in total. The van der Waals surface area contributed by atoms with Gasteiger partial charge in [-0.15, -0.1) is 0 Å². The maximum Gasteiger partial charge on any atom is 0.270 e. The van der Waals surface area contributed by atoms with Gasteiger partial charge in [0.25, 0.3) is 17.5 Å². The number of hydrogen-bond acceptors (Lipinski definition) is 4. The number of nitrogens with zero attached hydrogens (tertiary/aromatic N) is 2. The van der Waals surface area contributed by atoms with Gasteiger partial charge < -0.3 is 0 Å². The van der Waals surface area contributed by atoms with Gasteiger partial charge in [-0.25, -0.2) is 4.90 Å². The van der Waals surface area contributed by atoms with Crippen molar-refractivity contribution in [2.75, 3.05) is 4.90 Å². The van der Waals surface area contributed by atoms with Crippen LogP contribution in [0.15, 0.2) is 54.6 Å². The predicted molar refractivity (Wildman–Crippen MR) is 93.2 cm³/mol. The standard InChI is InChI=1S/C18H9ClN2O4/c19-11-4-2-5-12(8-11)20-17(22)14-6-1-3-10-7-13(21(24)25)9-15(16(10)14)18(20)23/h1-9H. The Morgan fingerprint density at radius 1 is 0.920 bits per heavy atom. The van der Waals surface area contributed by atoms with Crippen molar-refractivity contribution in [2.45, 2.75) is 0 Å². The van der Waals surface area contributed by atoms with Crippen LogP contribution in [0.5, 0.6) is 0 Å². The molecule has 1 aliphatic heterocycles. The lowest BCUT2D eigenvalue weighted by molar-refractivity contribution is -0.384. The topological polar surface area (TPSA) is 80.5 Å². The highest BCUT2D eigenvalue weighted by Gasteiger charge is 2.35. The Morgan fingerprint density at radius 2 is 1.64 bits per heavy atom. The zero-order valence-corrected chi connectivity index (χ0v) is 13.4. The van der Waals surface area contributed by atoms with Crippen LogP contribution in [0.3, 0.4) is 0 Å². The molecule has 0 atom stereocenters. The van der Waals surface area contributed by atoms with E-state index in [9.17, 15) is 19.7 Å². The van der Waals surface area contributed by atoms with Crippen LogP contribution in [0.4, 0.5) is 11.4 Å². The Kier molecular flexibility index (Phi) is 3.30. The number of amides is 2. The Morgan fingerprint density at radius 3 is 2.36 bits per heavy atom. The van der Waals surface area contributed by atoms with E-state index in [1.807, 2.05) is 0 Å². The predicted octanol–water partition coefficient (Wildman–Crippen LogP) is 4.20. The van der Waals surface area contributed by atoms with Gasteiger partial charge in [0.05, 0.1) is 16.2 Å². The van der Waals surface area contributed by atoms with Crippen LogP contribution in [0, 0.1) is 10.1 Å². The van der Waals surface area contributed by atoms with Crippen molar-refractivity contribution in [3.8, 4) is 0 Å². The van der Waals surface area contributed by atoms with Gasteiger partial charge in [0.15, 0.2) is 0 Å². The SMILES string of the molecule is O=C1c2cccc3cc([N+](=O)[O-])cc(c23)C(=O)N1c1cccc(Cl)c1. The third kappa shape index (κ3) is 2.27. The van der Waals surface area contributed by atoms with E-state index in [0.29, 0.717) is 27.0 Å². The van der Waals surface area contributed by atoms with Crippen molar-refractivity contribution in [3.63, 3.8) is 0 Å². The molecule has 1 aliphatic rings. The highest BCUT2D eigenvalue weighted by molar-refractivity contribution is 6.36. The Balaban J connectivity index is 2.02. The first-order valence-corrected chi connectivity index (χ1v) is 7.70. The van der Waals surface area contributed by atoms with Crippen LogP contribution in [0.25, 0.3) is 10.8 Å². The number of benzene rings is 3. The van der Waals surface area contributed by atoms with Crippen LogP contribution in [-0.2, 0) is 0 Å². The minimum Gasteiger partial charge on any atom is -0.268 e. The molecule has 3 aromatic carbocycles. The largest absolute Gasteiger partial charge is 0.270 e. The van der Waals surface area contributed by atoms with E-state index in [4.69, 9.17) is 11.6 Å². The average Bonchev–Trinajstić information content (AvgIpc) is 2.59. The summed E-state index contributed by atoms with van der Waals surface area (Å²) in [5.41, 5.74) is 0.561. The van der Waals surface area contributed by atoms with Gasteiger partial charge in [0.2, 0.25) is 0 Å². The fourth-order valence-electron chi connectivity index (χ4n) is 3.05.